The fourth-order valence-corrected chi connectivity index (χ4v) is 2.76. The predicted molar refractivity (Wildman–Crippen MR) is 72.1 cm³/mol. The number of thioether (sulfide) groups is 1. The van der Waals surface area contributed by atoms with Gasteiger partial charge in [-0.05, 0) is 36.9 Å². The van der Waals surface area contributed by atoms with Crippen molar-refractivity contribution in [2.24, 2.45) is 0 Å². The highest BCUT2D eigenvalue weighted by atomic mass is 79.9. The van der Waals surface area contributed by atoms with Crippen molar-refractivity contribution in [3.63, 3.8) is 0 Å². The van der Waals surface area contributed by atoms with Crippen LogP contribution in [0.2, 0.25) is 0 Å². The Morgan fingerprint density at radius 3 is 2.59 bits per heavy atom. The van der Waals surface area contributed by atoms with Crippen LogP contribution < -0.4 is 0 Å². The number of likely N-dealkylation sites (tertiary alicyclic amines) is 1. The van der Waals surface area contributed by atoms with Crippen molar-refractivity contribution in [3.05, 3.63) is 34.3 Å². The Hall–Kier alpha value is -0.810. The molecular weight excluding hydrogens is 302 g/mol. The maximum atomic E-state index is 12.1. The molecule has 1 fully saturated rings. The molecule has 0 saturated carbocycles. The van der Waals surface area contributed by atoms with Gasteiger partial charge < -0.3 is 0 Å². The molecule has 1 aromatic rings. The van der Waals surface area contributed by atoms with Crippen LogP contribution in [0.3, 0.4) is 0 Å². The van der Waals surface area contributed by atoms with Gasteiger partial charge in [0, 0.05) is 16.6 Å². The molecule has 1 saturated heterocycles. The van der Waals surface area contributed by atoms with Crippen LogP contribution in [0.1, 0.15) is 16.8 Å². The fourth-order valence-electron chi connectivity index (χ4n) is 1.82. The monoisotopic (exact) mass is 313 g/mol. The summed E-state index contributed by atoms with van der Waals surface area (Å²) in [6.07, 6.45) is 2.65. The first kappa shape index (κ1) is 12.6. The summed E-state index contributed by atoms with van der Waals surface area (Å²) >= 11 is 4.82. The molecule has 5 heteroatoms. The van der Waals surface area contributed by atoms with Gasteiger partial charge in [-0.15, -0.1) is 0 Å². The van der Waals surface area contributed by atoms with E-state index in [9.17, 15) is 9.59 Å². The number of hydrogen-bond donors (Lipinski definition) is 0. The Bertz CT molecular complexity index is 446. The Balaban J connectivity index is 2.16. The third-order valence-electron chi connectivity index (χ3n) is 2.78. The van der Waals surface area contributed by atoms with Crippen LogP contribution in [0.25, 0.3) is 0 Å². The van der Waals surface area contributed by atoms with Gasteiger partial charge >= 0.3 is 0 Å². The molecule has 90 valence electrons. The quantitative estimate of drug-likeness (QED) is 0.787. The molecule has 0 radical (unpaired) electrons. The van der Waals surface area contributed by atoms with E-state index in [4.69, 9.17) is 0 Å². The predicted octanol–water partition coefficient (Wildman–Crippen LogP) is 2.55. The van der Waals surface area contributed by atoms with Crippen LogP contribution in [0, 0.1) is 0 Å². The largest absolute Gasteiger partial charge is 0.277 e. The Kier molecular flexibility index (Phi) is 3.89. The smallest absolute Gasteiger partial charge is 0.260 e. The van der Waals surface area contributed by atoms with Crippen LogP contribution in [0.4, 0.5) is 0 Å². The molecule has 0 spiro atoms. The molecule has 1 aliphatic rings. The molecule has 2 amide bonds. The lowest BCUT2D eigenvalue weighted by atomic mass is 10.2. The highest BCUT2D eigenvalue weighted by Gasteiger charge is 2.35. The highest BCUT2D eigenvalue weighted by molar-refractivity contribution is 9.10. The lowest BCUT2D eigenvalue weighted by Crippen LogP contribution is -2.34. The third-order valence-corrected chi connectivity index (χ3v) is 4.31. The summed E-state index contributed by atoms with van der Waals surface area (Å²) in [6, 6.07) is 7.07. The van der Waals surface area contributed by atoms with E-state index in [-0.39, 0.29) is 17.1 Å². The van der Waals surface area contributed by atoms with E-state index in [0.717, 1.165) is 10.9 Å². The van der Waals surface area contributed by atoms with Crippen molar-refractivity contribution >= 4 is 39.5 Å². The van der Waals surface area contributed by atoms with Crippen LogP contribution in [0.15, 0.2) is 28.7 Å². The summed E-state index contributed by atoms with van der Waals surface area (Å²) in [4.78, 5) is 25.4. The van der Waals surface area contributed by atoms with Gasteiger partial charge in [-0.25, -0.2) is 0 Å². The molecule has 0 N–H and O–H groups in total. The van der Waals surface area contributed by atoms with Crippen LogP contribution in [-0.2, 0) is 4.79 Å². The maximum Gasteiger partial charge on any atom is 0.260 e. The number of rotatable bonds is 2. The summed E-state index contributed by atoms with van der Waals surface area (Å²) < 4.78 is 0.920. The number of halogens is 1. The summed E-state index contributed by atoms with van der Waals surface area (Å²) in [7, 11) is 0. The van der Waals surface area contributed by atoms with Crippen LogP contribution in [0.5, 0.6) is 0 Å². The zero-order valence-corrected chi connectivity index (χ0v) is 11.8. The number of carbonyl (C=O) groups excluding carboxylic acids is 2. The average molecular weight is 314 g/mol. The second-order valence-corrected chi connectivity index (χ2v) is 5.77. The molecule has 1 aliphatic heterocycles. The highest BCUT2D eigenvalue weighted by Crippen LogP contribution is 2.23. The second kappa shape index (κ2) is 5.23. The van der Waals surface area contributed by atoms with E-state index in [2.05, 4.69) is 15.9 Å². The van der Waals surface area contributed by atoms with E-state index in [0.29, 0.717) is 12.1 Å². The number of imide groups is 1. The van der Waals surface area contributed by atoms with Crippen molar-refractivity contribution in [3.8, 4) is 0 Å². The first-order valence-electron chi connectivity index (χ1n) is 5.27. The number of benzene rings is 1. The molecule has 1 heterocycles. The molecule has 1 aromatic carbocycles. The summed E-state index contributed by atoms with van der Waals surface area (Å²) in [5.41, 5.74) is 0.559. The SMILES string of the molecule is CSC1CCN(C(=O)c2ccc(Br)cc2)C1=O. The summed E-state index contributed by atoms with van der Waals surface area (Å²) in [5.74, 6) is -0.260. The molecule has 0 bridgehead atoms. The number of hydrogen-bond acceptors (Lipinski definition) is 3. The standard InChI is InChI=1S/C12H12BrNO2S/c1-17-10-6-7-14(12(10)16)11(15)8-2-4-9(13)5-3-8/h2-5,10H,6-7H2,1H3. The van der Waals surface area contributed by atoms with Crippen molar-refractivity contribution in [1.29, 1.82) is 0 Å². The minimum atomic E-state index is -0.195. The lowest BCUT2D eigenvalue weighted by Gasteiger charge is -2.14. The molecule has 2 rings (SSSR count). The van der Waals surface area contributed by atoms with Crippen molar-refractivity contribution in [2.45, 2.75) is 11.7 Å². The molecule has 17 heavy (non-hydrogen) atoms. The first-order chi connectivity index (χ1) is 8.13. The first-order valence-corrected chi connectivity index (χ1v) is 7.35. The minimum Gasteiger partial charge on any atom is -0.277 e. The molecule has 0 aromatic heterocycles. The molecule has 3 nitrogen and oxygen atoms in total. The van der Waals surface area contributed by atoms with E-state index in [1.807, 2.05) is 6.26 Å². The lowest BCUT2D eigenvalue weighted by molar-refractivity contribution is -0.125. The Morgan fingerprint density at radius 1 is 1.41 bits per heavy atom. The number of nitrogens with zero attached hydrogens (tertiary/aromatic N) is 1. The number of amides is 2. The normalized spacial score (nSPS) is 19.8. The third kappa shape index (κ3) is 2.55. The fraction of sp³-hybridized carbons (Fsp3) is 0.333. The van der Waals surface area contributed by atoms with Crippen LogP contribution >= 0.6 is 27.7 Å². The van der Waals surface area contributed by atoms with Gasteiger partial charge in [0.15, 0.2) is 0 Å². The Morgan fingerprint density at radius 2 is 2.06 bits per heavy atom. The second-order valence-electron chi connectivity index (χ2n) is 3.81. The maximum absolute atomic E-state index is 12.1. The van der Waals surface area contributed by atoms with Crippen LogP contribution in [-0.4, -0.2) is 34.8 Å². The van der Waals surface area contributed by atoms with Gasteiger partial charge in [0.05, 0.1) is 5.25 Å². The summed E-state index contributed by atoms with van der Waals surface area (Å²) in [5, 5.41) is -0.0607. The van der Waals surface area contributed by atoms with Gasteiger partial charge in [0.2, 0.25) is 5.91 Å². The van der Waals surface area contributed by atoms with E-state index in [1.165, 1.54) is 16.7 Å². The zero-order chi connectivity index (χ0) is 12.4. The van der Waals surface area contributed by atoms with Crippen molar-refractivity contribution in [2.75, 3.05) is 12.8 Å². The Labute approximate surface area is 113 Å². The van der Waals surface area contributed by atoms with E-state index >= 15 is 0 Å². The minimum absolute atomic E-state index is 0.0607. The topological polar surface area (TPSA) is 37.4 Å². The average Bonchev–Trinajstić information content (AvgIpc) is 2.70. The van der Waals surface area contributed by atoms with Gasteiger partial charge in [0.1, 0.15) is 0 Å². The zero-order valence-electron chi connectivity index (χ0n) is 9.35. The van der Waals surface area contributed by atoms with Gasteiger partial charge in [-0.2, -0.15) is 11.8 Å². The van der Waals surface area contributed by atoms with Gasteiger partial charge in [-0.3, -0.25) is 14.5 Å². The van der Waals surface area contributed by atoms with E-state index < -0.39 is 0 Å². The van der Waals surface area contributed by atoms with Gasteiger partial charge in [-0.1, -0.05) is 15.9 Å². The molecular formula is C12H12BrNO2S. The summed E-state index contributed by atoms with van der Waals surface area (Å²) in [6.45, 7) is 0.527. The molecule has 1 atom stereocenters. The molecule has 0 aliphatic carbocycles. The van der Waals surface area contributed by atoms with Gasteiger partial charge in [0.25, 0.3) is 5.91 Å². The number of carbonyl (C=O) groups is 2. The van der Waals surface area contributed by atoms with Crippen molar-refractivity contribution < 1.29 is 9.59 Å². The molecule has 1 unspecified atom stereocenters. The van der Waals surface area contributed by atoms with E-state index in [1.54, 1.807) is 24.3 Å². The van der Waals surface area contributed by atoms with Crippen molar-refractivity contribution in [1.82, 2.24) is 4.90 Å².